The predicted molar refractivity (Wildman–Crippen MR) is 257 cm³/mol. The Morgan fingerprint density at radius 1 is 0.484 bits per heavy atom. The molecule has 0 aliphatic heterocycles. The Bertz CT molecular complexity index is 3700. The van der Waals surface area contributed by atoms with E-state index in [4.69, 9.17) is 8.83 Å². The third-order valence-electron chi connectivity index (χ3n) is 13.0. The lowest BCUT2D eigenvalue weighted by Gasteiger charge is -2.30. The predicted octanol–water partition coefficient (Wildman–Crippen LogP) is 16.1. The highest BCUT2D eigenvalue weighted by Crippen LogP contribution is 2.47. The summed E-state index contributed by atoms with van der Waals surface area (Å²) in [4.78, 5) is 2.44. The van der Waals surface area contributed by atoms with Gasteiger partial charge in [-0.3, -0.25) is 0 Å². The Morgan fingerprint density at radius 3 is 1.97 bits per heavy atom. The molecule has 0 saturated heterocycles. The summed E-state index contributed by atoms with van der Waals surface area (Å²) in [7, 11) is 0. The van der Waals surface area contributed by atoms with Gasteiger partial charge < -0.3 is 18.3 Å². The molecule has 0 fully saturated rings. The smallest absolute Gasteiger partial charge is 0.143 e. The van der Waals surface area contributed by atoms with Gasteiger partial charge in [-0.1, -0.05) is 146 Å². The molecule has 3 aromatic heterocycles. The average molecular weight is 795 g/mol. The third-order valence-corrected chi connectivity index (χ3v) is 13.0. The quantitative estimate of drug-likeness (QED) is 0.168. The second kappa shape index (κ2) is 13.7. The van der Waals surface area contributed by atoms with Crippen LogP contribution in [0.2, 0.25) is 0 Å². The van der Waals surface area contributed by atoms with Crippen molar-refractivity contribution in [1.82, 2.24) is 4.57 Å². The maximum Gasteiger partial charge on any atom is 0.143 e. The molecule has 292 valence electrons. The molecule has 4 heteroatoms. The van der Waals surface area contributed by atoms with E-state index in [1.165, 1.54) is 43.7 Å². The number of allylic oxidation sites excluding steroid dienone is 1. The number of benzene rings is 9. The first-order chi connectivity index (χ1) is 30.7. The van der Waals surface area contributed by atoms with Crippen molar-refractivity contribution in [3.05, 3.63) is 223 Å². The Hall–Kier alpha value is -8.08. The SMILES string of the molecule is C1=CC(c2ccc(N(c3ccccc3-c3ccc4oc5c6ccccc6ccc5c4c3)c3ccccc3-n3c4ccccc4c4ccccc43)cc2)Cc2oc3ccccc3c21. The molecule has 1 atom stereocenters. The van der Waals surface area contributed by atoms with Gasteiger partial charge in [0, 0.05) is 61.5 Å². The lowest BCUT2D eigenvalue weighted by molar-refractivity contribution is 0.532. The first kappa shape index (κ1) is 34.8. The van der Waals surface area contributed by atoms with Crippen LogP contribution < -0.4 is 4.90 Å². The zero-order valence-electron chi connectivity index (χ0n) is 33.7. The maximum atomic E-state index is 6.57. The van der Waals surface area contributed by atoms with E-state index in [0.29, 0.717) is 0 Å². The van der Waals surface area contributed by atoms with E-state index in [1.54, 1.807) is 0 Å². The van der Waals surface area contributed by atoms with Gasteiger partial charge in [0.25, 0.3) is 0 Å². The lowest BCUT2D eigenvalue weighted by Crippen LogP contribution is -2.14. The first-order valence-electron chi connectivity index (χ1n) is 21.3. The number of nitrogens with zero attached hydrogens (tertiary/aromatic N) is 2. The maximum absolute atomic E-state index is 6.57. The molecule has 0 spiro atoms. The van der Waals surface area contributed by atoms with E-state index in [1.807, 2.05) is 6.07 Å². The Kier molecular flexibility index (Phi) is 7.70. The fourth-order valence-electron chi connectivity index (χ4n) is 10.0. The number of hydrogen-bond donors (Lipinski definition) is 0. The molecule has 4 nitrogen and oxygen atoms in total. The molecule has 13 rings (SSSR count). The van der Waals surface area contributed by atoms with Crippen molar-refractivity contribution < 1.29 is 8.83 Å². The molecule has 12 aromatic rings. The van der Waals surface area contributed by atoms with Gasteiger partial charge in [0.1, 0.15) is 22.5 Å². The molecule has 1 aliphatic carbocycles. The average Bonchev–Trinajstić information content (AvgIpc) is 4.01. The summed E-state index contributed by atoms with van der Waals surface area (Å²) in [5.41, 5.74) is 14.1. The number of anilines is 3. The van der Waals surface area contributed by atoms with Crippen molar-refractivity contribution in [1.29, 1.82) is 0 Å². The number of para-hydroxylation sites is 6. The summed E-state index contributed by atoms with van der Waals surface area (Å²) in [5.74, 6) is 1.25. The van der Waals surface area contributed by atoms with Crippen LogP contribution in [0, 0.1) is 0 Å². The van der Waals surface area contributed by atoms with Crippen LogP contribution in [0.3, 0.4) is 0 Å². The van der Waals surface area contributed by atoms with Crippen LogP contribution in [0.4, 0.5) is 17.1 Å². The molecule has 9 aromatic carbocycles. The summed E-state index contributed by atoms with van der Waals surface area (Å²) in [6, 6.07) is 72.1. The minimum atomic E-state index is 0.205. The van der Waals surface area contributed by atoms with Crippen LogP contribution in [0.15, 0.2) is 215 Å². The minimum Gasteiger partial charge on any atom is -0.460 e. The van der Waals surface area contributed by atoms with Crippen molar-refractivity contribution in [2.75, 3.05) is 4.90 Å². The van der Waals surface area contributed by atoms with Gasteiger partial charge >= 0.3 is 0 Å². The topological polar surface area (TPSA) is 34.5 Å². The Morgan fingerprint density at radius 2 is 1.15 bits per heavy atom. The normalized spacial score (nSPS) is 13.8. The zero-order valence-corrected chi connectivity index (χ0v) is 33.7. The van der Waals surface area contributed by atoms with Gasteiger partial charge in [-0.05, 0) is 83.2 Å². The van der Waals surface area contributed by atoms with Crippen LogP contribution in [0.5, 0.6) is 0 Å². The highest BCUT2D eigenvalue weighted by molar-refractivity contribution is 6.16. The molecule has 1 aliphatic rings. The van der Waals surface area contributed by atoms with Gasteiger partial charge in [0.05, 0.1) is 28.1 Å². The van der Waals surface area contributed by atoms with E-state index in [9.17, 15) is 0 Å². The Balaban J connectivity index is 0.992. The van der Waals surface area contributed by atoms with Crippen molar-refractivity contribution in [2.24, 2.45) is 0 Å². The second-order valence-electron chi connectivity index (χ2n) is 16.4. The summed E-state index contributed by atoms with van der Waals surface area (Å²) in [5, 5.41) is 8.17. The number of rotatable bonds is 6. The third kappa shape index (κ3) is 5.33. The number of hydrogen-bond acceptors (Lipinski definition) is 3. The Labute approximate surface area is 357 Å². The standard InChI is InChI=1S/C58H38N2O2/c1-2-15-43-38(13-1)27-33-48-49-35-40(29-34-56(49)62-58(43)48)42-14-3-7-19-50(42)59(41-30-25-37(26-31-41)39-28-32-47-46-18-6-12-24-55(46)61-57(47)36-39)53-22-10-11-23-54(53)60-51-20-8-4-16-44(51)45-17-5-9-21-52(45)60/h1-35,39H,36H2. The fraction of sp³-hybridized carbons (Fsp3) is 0.0345. The van der Waals surface area contributed by atoms with Crippen LogP contribution in [0.1, 0.15) is 22.8 Å². The van der Waals surface area contributed by atoms with E-state index < -0.39 is 0 Å². The molecule has 1 unspecified atom stereocenters. The van der Waals surface area contributed by atoms with Gasteiger partial charge in [-0.2, -0.15) is 0 Å². The molecule has 0 amide bonds. The van der Waals surface area contributed by atoms with Gasteiger partial charge in [0.2, 0.25) is 0 Å². The van der Waals surface area contributed by atoms with E-state index in [0.717, 1.165) is 79.0 Å². The monoisotopic (exact) mass is 794 g/mol. The molecule has 0 N–H and O–H groups in total. The van der Waals surface area contributed by atoms with Crippen LogP contribution in [-0.4, -0.2) is 4.57 Å². The summed E-state index contributed by atoms with van der Waals surface area (Å²) in [6.07, 6.45) is 5.41. The molecule has 0 saturated carbocycles. The second-order valence-corrected chi connectivity index (χ2v) is 16.4. The van der Waals surface area contributed by atoms with Crippen LogP contribution in [0.25, 0.3) is 88.4 Å². The van der Waals surface area contributed by atoms with Gasteiger partial charge in [0.15, 0.2) is 0 Å². The fourth-order valence-corrected chi connectivity index (χ4v) is 10.0. The highest BCUT2D eigenvalue weighted by atomic mass is 16.3. The van der Waals surface area contributed by atoms with Crippen LogP contribution in [-0.2, 0) is 6.42 Å². The summed E-state index contributed by atoms with van der Waals surface area (Å²) >= 11 is 0. The molecule has 0 radical (unpaired) electrons. The van der Waals surface area contributed by atoms with Gasteiger partial charge in [-0.25, -0.2) is 0 Å². The van der Waals surface area contributed by atoms with E-state index in [-0.39, 0.29) is 5.92 Å². The summed E-state index contributed by atoms with van der Waals surface area (Å²) in [6.45, 7) is 0. The summed E-state index contributed by atoms with van der Waals surface area (Å²) < 4.78 is 15.4. The van der Waals surface area contributed by atoms with Crippen molar-refractivity contribution in [3.8, 4) is 16.8 Å². The largest absolute Gasteiger partial charge is 0.460 e. The minimum absolute atomic E-state index is 0.205. The van der Waals surface area contributed by atoms with Crippen molar-refractivity contribution in [2.45, 2.75) is 12.3 Å². The molecule has 3 heterocycles. The lowest BCUT2D eigenvalue weighted by atomic mass is 9.88. The van der Waals surface area contributed by atoms with Crippen molar-refractivity contribution >= 4 is 88.6 Å². The van der Waals surface area contributed by atoms with E-state index >= 15 is 0 Å². The van der Waals surface area contributed by atoms with E-state index in [2.05, 4.69) is 216 Å². The van der Waals surface area contributed by atoms with Crippen molar-refractivity contribution in [3.63, 3.8) is 0 Å². The van der Waals surface area contributed by atoms with Crippen LogP contribution >= 0.6 is 0 Å². The highest BCUT2D eigenvalue weighted by Gasteiger charge is 2.25. The molecule has 62 heavy (non-hydrogen) atoms. The number of fused-ring (bicyclic) bond motifs is 11. The zero-order chi connectivity index (χ0) is 40.7. The number of furan rings is 2. The van der Waals surface area contributed by atoms with Gasteiger partial charge in [-0.15, -0.1) is 0 Å². The molecular formula is C58H38N2O2. The molecular weight excluding hydrogens is 757 g/mol. The molecule has 0 bridgehead atoms. The number of aromatic nitrogens is 1. The first-order valence-corrected chi connectivity index (χ1v) is 21.3.